The summed E-state index contributed by atoms with van der Waals surface area (Å²) in [5.74, 6) is -2.69. The van der Waals surface area contributed by atoms with Crippen LogP contribution in [0.1, 0.15) is 34.6 Å². The lowest BCUT2D eigenvalue weighted by molar-refractivity contribution is -0.259. The quantitative estimate of drug-likeness (QED) is 0.268. The summed E-state index contributed by atoms with van der Waals surface area (Å²) in [6.45, 7) is 6.77. The Bertz CT molecular complexity index is 747. The Morgan fingerprint density at radius 1 is 0.903 bits per heavy atom. The normalized spacial score (nSPS) is 27.5. The van der Waals surface area contributed by atoms with E-state index in [1.807, 2.05) is 0 Å². The van der Waals surface area contributed by atoms with E-state index >= 15 is 0 Å². The molecule has 176 valence electrons. The zero-order chi connectivity index (χ0) is 23.3. The van der Waals surface area contributed by atoms with Crippen LogP contribution in [-0.4, -0.2) is 85.3 Å². The third-order valence-electron chi connectivity index (χ3n) is 4.54. The molecule has 2 saturated heterocycles. The number of esters is 3. The smallest absolute Gasteiger partial charge is 0.340 e. The first-order chi connectivity index (χ1) is 14.5. The van der Waals surface area contributed by atoms with Crippen LogP contribution in [0.15, 0.2) is 0 Å². The maximum absolute atomic E-state index is 13.1. The molecule has 13 heteroatoms. The molecule has 31 heavy (non-hydrogen) atoms. The predicted molar refractivity (Wildman–Crippen MR) is 103 cm³/mol. The first kappa shape index (κ1) is 25.3. The summed E-state index contributed by atoms with van der Waals surface area (Å²) in [4.78, 5) is 49.2. The maximum atomic E-state index is 13.1. The number of amides is 1. The van der Waals surface area contributed by atoms with Gasteiger partial charge in [0.1, 0.15) is 18.3 Å². The van der Waals surface area contributed by atoms with Gasteiger partial charge in [-0.15, -0.1) is 0 Å². The lowest BCUT2D eigenvalue weighted by Crippen LogP contribution is -2.60. The number of hydrogen-bond acceptors (Lipinski definition) is 11. The fraction of sp³-hybridized carbons (Fsp3) is 0.778. The minimum Gasteiger partial charge on any atom is -0.457 e. The minimum atomic E-state index is -3.73. The SMILES string of the molecule is CCOP(=O)(CC(=O)N1C[C@H]2O[C@H](OC(C)=O)[C@@H](OC(C)=O)[C@H]1[C@@H]2OC(C)=O)OCC. The predicted octanol–water partition coefficient (Wildman–Crippen LogP) is 0.615. The number of fused-ring (bicyclic) bond motifs is 2. The van der Waals surface area contributed by atoms with Crippen LogP contribution in [-0.2, 0) is 51.7 Å². The molecule has 0 unspecified atom stereocenters. The highest BCUT2D eigenvalue weighted by Gasteiger charge is 2.60. The molecule has 0 aromatic heterocycles. The summed E-state index contributed by atoms with van der Waals surface area (Å²) in [5.41, 5.74) is 0. The van der Waals surface area contributed by atoms with E-state index in [0.29, 0.717) is 0 Å². The van der Waals surface area contributed by atoms with Gasteiger partial charge in [-0.3, -0.25) is 23.7 Å². The molecule has 0 aliphatic carbocycles. The topological polar surface area (TPSA) is 144 Å². The summed E-state index contributed by atoms with van der Waals surface area (Å²) in [6.07, 6.45) is -5.00. The summed E-state index contributed by atoms with van der Waals surface area (Å²) in [5, 5.41) is 0. The summed E-state index contributed by atoms with van der Waals surface area (Å²) in [7, 11) is -3.73. The Morgan fingerprint density at radius 2 is 1.42 bits per heavy atom. The van der Waals surface area contributed by atoms with Crippen molar-refractivity contribution in [1.82, 2.24) is 4.90 Å². The van der Waals surface area contributed by atoms with Crippen LogP contribution in [0, 0.1) is 0 Å². The average Bonchev–Trinajstić information content (AvgIpc) is 2.87. The minimum absolute atomic E-state index is 0.0698. The molecule has 0 saturated carbocycles. The zero-order valence-corrected chi connectivity index (χ0v) is 19.0. The molecule has 1 amide bonds. The first-order valence-corrected chi connectivity index (χ1v) is 11.6. The molecule has 12 nitrogen and oxygen atoms in total. The van der Waals surface area contributed by atoms with Crippen molar-refractivity contribution in [2.45, 2.75) is 65.3 Å². The van der Waals surface area contributed by atoms with Crippen molar-refractivity contribution in [3.63, 3.8) is 0 Å². The van der Waals surface area contributed by atoms with Crippen LogP contribution in [0.2, 0.25) is 0 Å². The molecule has 2 heterocycles. The van der Waals surface area contributed by atoms with E-state index in [1.165, 1.54) is 11.8 Å². The number of carbonyl (C=O) groups is 4. The van der Waals surface area contributed by atoms with Crippen molar-refractivity contribution >= 4 is 31.4 Å². The van der Waals surface area contributed by atoms with E-state index in [4.69, 9.17) is 28.0 Å². The Labute approximate surface area is 179 Å². The number of carbonyl (C=O) groups excluding carboxylic acids is 4. The Hall–Kier alpha value is -2.01. The molecular formula is C18H28NO11P. The second-order valence-corrected chi connectivity index (χ2v) is 9.00. The van der Waals surface area contributed by atoms with Crippen LogP contribution < -0.4 is 0 Å². The number of hydrogen-bond donors (Lipinski definition) is 0. The Morgan fingerprint density at radius 3 is 1.90 bits per heavy atom. The van der Waals surface area contributed by atoms with Crippen molar-refractivity contribution in [2.75, 3.05) is 25.9 Å². The summed E-state index contributed by atoms with van der Waals surface area (Å²) >= 11 is 0. The van der Waals surface area contributed by atoms with Crippen LogP contribution in [0.25, 0.3) is 0 Å². The van der Waals surface area contributed by atoms with Gasteiger partial charge in [0.05, 0.1) is 19.8 Å². The molecule has 2 bridgehead atoms. The Balaban J connectivity index is 2.37. The zero-order valence-electron chi connectivity index (χ0n) is 18.1. The van der Waals surface area contributed by atoms with Gasteiger partial charge in [0, 0.05) is 20.8 Å². The van der Waals surface area contributed by atoms with Gasteiger partial charge in [-0.2, -0.15) is 0 Å². The first-order valence-electron chi connectivity index (χ1n) is 9.86. The van der Waals surface area contributed by atoms with E-state index in [-0.39, 0.29) is 19.8 Å². The van der Waals surface area contributed by atoms with E-state index in [9.17, 15) is 23.7 Å². The molecule has 5 atom stereocenters. The van der Waals surface area contributed by atoms with E-state index in [0.717, 1.165) is 13.8 Å². The fourth-order valence-electron chi connectivity index (χ4n) is 3.67. The van der Waals surface area contributed by atoms with Gasteiger partial charge in [0.15, 0.2) is 12.2 Å². The standard InChI is InChI=1S/C18H28NO11P/c1-6-25-31(24,26-7-2)9-14(23)19-8-13-16(27-10(3)20)15(19)17(28-11(4)21)18(30-13)29-12(5)22/h13,15-18H,6-9H2,1-5H3/t13-,15-,16-,17+,18+/m1/s1. The molecule has 2 aliphatic rings. The molecule has 0 N–H and O–H groups in total. The number of rotatable bonds is 9. The molecule has 0 spiro atoms. The third kappa shape index (κ3) is 6.25. The average molecular weight is 465 g/mol. The second kappa shape index (κ2) is 10.5. The highest BCUT2D eigenvalue weighted by molar-refractivity contribution is 7.54. The van der Waals surface area contributed by atoms with Crippen LogP contribution >= 0.6 is 7.60 Å². The van der Waals surface area contributed by atoms with Gasteiger partial charge in [0.25, 0.3) is 0 Å². The number of likely N-dealkylation sites (tertiary alicyclic amines) is 1. The van der Waals surface area contributed by atoms with Crippen molar-refractivity contribution in [2.24, 2.45) is 0 Å². The van der Waals surface area contributed by atoms with E-state index in [2.05, 4.69) is 0 Å². The lowest BCUT2D eigenvalue weighted by Gasteiger charge is -2.40. The monoisotopic (exact) mass is 465 g/mol. The van der Waals surface area contributed by atoms with Crippen molar-refractivity contribution in [3.8, 4) is 0 Å². The molecular weight excluding hydrogens is 437 g/mol. The molecule has 0 aromatic carbocycles. The lowest BCUT2D eigenvalue weighted by atomic mass is 10.00. The van der Waals surface area contributed by atoms with Gasteiger partial charge >= 0.3 is 25.5 Å². The van der Waals surface area contributed by atoms with Gasteiger partial charge in [0.2, 0.25) is 12.2 Å². The Kier molecular flexibility index (Phi) is 8.58. The molecule has 0 aromatic rings. The maximum Gasteiger partial charge on any atom is 0.340 e. The third-order valence-corrected chi connectivity index (χ3v) is 6.50. The van der Waals surface area contributed by atoms with Crippen LogP contribution in [0.5, 0.6) is 0 Å². The van der Waals surface area contributed by atoms with Gasteiger partial charge in [-0.25, -0.2) is 0 Å². The molecule has 2 fully saturated rings. The van der Waals surface area contributed by atoms with Crippen molar-refractivity contribution in [3.05, 3.63) is 0 Å². The van der Waals surface area contributed by atoms with Gasteiger partial charge in [-0.05, 0) is 13.8 Å². The fourth-order valence-corrected chi connectivity index (χ4v) is 5.23. The second-order valence-electron chi connectivity index (χ2n) is 6.94. The number of nitrogens with zero attached hydrogens (tertiary/aromatic N) is 1. The molecule has 0 radical (unpaired) electrons. The van der Waals surface area contributed by atoms with Gasteiger partial charge in [-0.1, -0.05) is 0 Å². The molecule has 2 aliphatic heterocycles. The van der Waals surface area contributed by atoms with Crippen LogP contribution in [0.4, 0.5) is 0 Å². The van der Waals surface area contributed by atoms with Crippen molar-refractivity contribution in [1.29, 1.82) is 0 Å². The highest BCUT2D eigenvalue weighted by Crippen LogP contribution is 2.49. The van der Waals surface area contributed by atoms with Gasteiger partial charge < -0.3 is 32.9 Å². The largest absolute Gasteiger partial charge is 0.457 e. The molecule has 2 rings (SSSR count). The highest BCUT2D eigenvalue weighted by atomic mass is 31.2. The van der Waals surface area contributed by atoms with Crippen molar-refractivity contribution < 1.29 is 51.7 Å². The summed E-state index contributed by atoms with van der Waals surface area (Å²) < 4.78 is 44.6. The van der Waals surface area contributed by atoms with E-state index < -0.39 is 68.2 Å². The van der Waals surface area contributed by atoms with E-state index in [1.54, 1.807) is 13.8 Å². The summed E-state index contributed by atoms with van der Waals surface area (Å²) in [6, 6.07) is -1.03. The van der Waals surface area contributed by atoms with Crippen LogP contribution in [0.3, 0.4) is 0 Å². The number of ether oxygens (including phenoxy) is 4.